The van der Waals surface area contributed by atoms with Crippen molar-refractivity contribution < 1.29 is 13.9 Å². The molecule has 0 radical (unpaired) electrons. The SMILES string of the molecule is CC(C)COC(=O)c1cc2cc(N)ccc2o1. The summed E-state index contributed by atoms with van der Waals surface area (Å²) < 4.78 is 10.5. The highest BCUT2D eigenvalue weighted by Gasteiger charge is 2.14. The molecule has 2 N–H and O–H groups in total. The zero-order chi connectivity index (χ0) is 12.4. The van der Waals surface area contributed by atoms with Gasteiger partial charge in [0.25, 0.3) is 0 Å². The Morgan fingerprint density at radius 1 is 1.41 bits per heavy atom. The van der Waals surface area contributed by atoms with E-state index in [9.17, 15) is 4.79 Å². The van der Waals surface area contributed by atoms with E-state index in [-0.39, 0.29) is 5.76 Å². The van der Waals surface area contributed by atoms with E-state index in [0.29, 0.717) is 23.8 Å². The number of hydrogen-bond acceptors (Lipinski definition) is 4. The summed E-state index contributed by atoms with van der Waals surface area (Å²) >= 11 is 0. The van der Waals surface area contributed by atoms with E-state index in [4.69, 9.17) is 14.9 Å². The van der Waals surface area contributed by atoms with Gasteiger partial charge in [-0.1, -0.05) is 13.8 Å². The molecule has 2 rings (SSSR count). The van der Waals surface area contributed by atoms with E-state index < -0.39 is 5.97 Å². The third-order valence-electron chi connectivity index (χ3n) is 2.29. The van der Waals surface area contributed by atoms with Crippen molar-refractivity contribution in [3.05, 3.63) is 30.0 Å². The van der Waals surface area contributed by atoms with Crippen molar-refractivity contribution in [3.8, 4) is 0 Å². The maximum atomic E-state index is 11.7. The molecule has 0 fully saturated rings. The summed E-state index contributed by atoms with van der Waals surface area (Å²) in [7, 11) is 0. The zero-order valence-corrected chi connectivity index (χ0v) is 9.90. The van der Waals surface area contributed by atoms with Gasteiger partial charge in [0, 0.05) is 11.1 Å². The fourth-order valence-electron chi connectivity index (χ4n) is 1.48. The highest BCUT2D eigenvalue weighted by Crippen LogP contribution is 2.22. The number of carbonyl (C=O) groups is 1. The van der Waals surface area contributed by atoms with Gasteiger partial charge in [0.1, 0.15) is 5.58 Å². The Hall–Kier alpha value is -1.97. The second kappa shape index (κ2) is 4.49. The number of benzene rings is 1. The van der Waals surface area contributed by atoms with E-state index in [1.54, 1.807) is 24.3 Å². The Bertz CT molecular complexity index is 543. The average molecular weight is 233 g/mol. The molecule has 2 aromatic rings. The summed E-state index contributed by atoms with van der Waals surface area (Å²) in [6.07, 6.45) is 0. The van der Waals surface area contributed by atoms with Crippen LogP contribution in [0.1, 0.15) is 24.4 Å². The first-order chi connectivity index (χ1) is 8.06. The minimum Gasteiger partial charge on any atom is -0.460 e. The minimum absolute atomic E-state index is 0.214. The Kier molecular flexibility index (Phi) is 3.04. The van der Waals surface area contributed by atoms with E-state index in [1.807, 2.05) is 13.8 Å². The lowest BCUT2D eigenvalue weighted by molar-refractivity contribution is 0.0425. The third kappa shape index (κ3) is 2.58. The number of ether oxygens (including phenoxy) is 1. The van der Waals surface area contributed by atoms with Crippen molar-refractivity contribution in [2.45, 2.75) is 13.8 Å². The predicted octanol–water partition coefficient (Wildman–Crippen LogP) is 2.83. The molecule has 4 heteroatoms. The number of nitrogens with two attached hydrogens (primary N) is 1. The van der Waals surface area contributed by atoms with Crippen LogP contribution in [-0.4, -0.2) is 12.6 Å². The van der Waals surface area contributed by atoms with Crippen molar-refractivity contribution in [1.29, 1.82) is 0 Å². The number of hydrogen-bond donors (Lipinski definition) is 1. The molecule has 0 saturated carbocycles. The minimum atomic E-state index is -0.437. The van der Waals surface area contributed by atoms with Crippen molar-refractivity contribution in [2.24, 2.45) is 5.92 Å². The molecular formula is C13H15NO3. The van der Waals surface area contributed by atoms with Gasteiger partial charge in [-0.3, -0.25) is 0 Å². The Morgan fingerprint density at radius 3 is 2.88 bits per heavy atom. The maximum Gasteiger partial charge on any atom is 0.374 e. The maximum absolute atomic E-state index is 11.7. The lowest BCUT2D eigenvalue weighted by Crippen LogP contribution is -2.09. The number of nitrogen functional groups attached to an aromatic ring is 1. The monoisotopic (exact) mass is 233 g/mol. The standard InChI is InChI=1S/C13H15NO3/c1-8(2)7-16-13(15)12-6-9-5-10(14)3-4-11(9)17-12/h3-6,8H,7,14H2,1-2H3. The van der Waals surface area contributed by atoms with E-state index in [0.717, 1.165) is 5.39 Å². The second-order valence-electron chi connectivity index (χ2n) is 4.40. The van der Waals surface area contributed by atoms with Crippen LogP contribution in [-0.2, 0) is 4.74 Å². The van der Waals surface area contributed by atoms with Crippen molar-refractivity contribution in [3.63, 3.8) is 0 Å². The van der Waals surface area contributed by atoms with Crippen LogP contribution >= 0.6 is 0 Å². The molecule has 0 aliphatic rings. The van der Waals surface area contributed by atoms with Crippen molar-refractivity contribution >= 4 is 22.6 Å². The average Bonchev–Trinajstić information content (AvgIpc) is 2.68. The third-order valence-corrected chi connectivity index (χ3v) is 2.29. The molecule has 0 aliphatic heterocycles. The number of anilines is 1. The lowest BCUT2D eigenvalue weighted by atomic mass is 10.2. The van der Waals surface area contributed by atoms with Gasteiger partial charge in [-0.15, -0.1) is 0 Å². The normalized spacial score (nSPS) is 11.0. The number of rotatable bonds is 3. The van der Waals surface area contributed by atoms with Gasteiger partial charge in [0.15, 0.2) is 0 Å². The molecule has 1 heterocycles. The molecular weight excluding hydrogens is 218 g/mol. The fourth-order valence-corrected chi connectivity index (χ4v) is 1.48. The van der Waals surface area contributed by atoms with E-state index in [1.165, 1.54) is 0 Å². The van der Waals surface area contributed by atoms with Gasteiger partial charge in [0.05, 0.1) is 6.61 Å². The van der Waals surface area contributed by atoms with Crippen LogP contribution in [0.2, 0.25) is 0 Å². The van der Waals surface area contributed by atoms with Gasteiger partial charge in [-0.2, -0.15) is 0 Å². The van der Waals surface area contributed by atoms with Gasteiger partial charge in [-0.05, 0) is 30.2 Å². The van der Waals surface area contributed by atoms with Crippen molar-refractivity contribution in [1.82, 2.24) is 0 Å². The summed E-state index contributed by atoms with van der Waals surface area (Å²) in [5.41, 5.74) is 6.92. The molecule has 0 unspecified atom stereocenters. The van der Waals surface area contributed by atoms with Crippen LogP contribution in [0, 0.1) is 5.92 Å². The molecule has 0 saturated heterocycles. The van der Waals surface area contributed by atoms with Crippen LogP contribution in [0.4, 0.5) is 5.69 Å². The van der Waals surface area contributed by atoms with Crippen LogP contribution in [0.15, 0.2) is 28.7 Å². The first-order valence-electron chi connectivity index (χ1n) is 5.52. The van der Waals surface area contributed by atoms with Crippen molar-refractivity contribution in [2.75, 3.05) is 12.3 Å². The molecule has 1 aromatic heterocycles. The summed E-state index contributed by atoms with van der Waals surface area (Å²) in [6.45, 7) is 4.34. The van der Waals surface area contributed by atoms with Crippen LogP contribution in [0.25, 0.3) is 11.0 Å². The topological polar surface area (TPSA) is 65.5 Å². The highest BCUT2D eigenvalue weighted by atomic mass is 16.5. The Labute approximate surface area is 99.3 Å². The lowest BCUT2D eigenvalue weighted by Gasteiger charge is -2.04. The van der Waals surface area contributed by atoms with Gasteiger partial charge < -0.3 is 14.9 Å². The number of fused-ring (bicyclic) bond motifs is 1. The molecule has 0 aliphatic carbocycles. The first-order valence-corrected chi connectivity index (χ1v) is 5.52. The summed E-state index contributed by atoms with van der Waals surface area (Å²) in [4.78, 5) is 11.7. The van der Waals surface area contributed by atoms with E-state index in [2.05, 4.69) is 0 Å². The molecule has 17 heavy (non-hydrogen) atoms. The van der Waals surface area contributed by atoms with E-state index >= 15 is 0 Å². The second-order valence-corrected chi connectivity index (χ2v) is 4.40. The number of furan rings is 1. The van der Waals surface area contributed by atoms with Crippen LogP contribution < -0.4 is 5.73 Å². The highest BCUT2D eigenvalue weighted by molar-refractivity contribution is 5.93. The summed E-state index contributed by atoms with van der Waals surface area (Å²) in [5.74, 6) is 0.0821. The fraction of sp³-hybridized carbons (Fsp3) is 0.308. The Balaban J connectivity index is 2.21. The quantitative estimate of drug-likeness (QED) is 0.654. The predicted molar refractivity (Wildman–Crippen MR) is 65.7 cm³/mol. The number of esters is 1. The van der Waals surface area contributed by atoms with Crippen LogP contribution in [0.3, 0.4) is 0 Å². The van der Waals surface area contributed by atoms with Gasteiger partial charge in [0.2, 0.25) is 5.76 Å². The molecule has 0 spiro atoms. The van der Waals surface area contributed by atoms with Crippen LogP contribution in [0.5, 0.6) is 0 Å². The largest absolute Gasteiger partial charge is 0.460 e. The summed E-state index contributed by atoms with van der Waals surface area (Å²) in [6, 6.07) is 6.88. The van der Waals surface area contributed by atoms with Gasteiger partial charge in [-0.25, -0.2) is 4.79 Å². The Morgan fingerprint density at radius 2 is 2.18 bits per heavy atom. The molecule has 4 nitrogen and oxygen atoms in total. The first kappa shape index (κ1) is 11.5. The smallest absolute Gasteiger partial charge is 0.374 e. The summed E-state index contributed by atoms with van der Waals surface area (Å²) in [5, 5.41) is 0.807. The zero-order valence-electron chi connectivity index (χ0n) is 9.90. The molecule has 0 bridgehead atoms. The molecule has 90 valence electrons. The molecule has 0 atom stereocenters. The van der Waals surface area contributed by atoms with Gasteiger partial charge >= 0.3 is 5.97 Å². The number of carbonyl (C=O) groups excluding carboxylic acids is 1. The molecule has 0 amide bonds. The molecule has 1 aromatic carbocycles.